The number of rotatable bonds is 7. The number of ether oxygens (including phenoxy) is 1. The van der Waals surface area contributed by atoms with Gasteiger partial charge in [0.05, 0.1) is 12.2 Å². The third-order valence-electron chi connectivity index (χ3n) is 6.01. The molecule has 2 atom stereocenters. The maximum absolute atomic E-state index is 10.8. The molecule has 0 aliphatic carbocycles. The van der Waals surface area contributed by atoms with Crippen LogP contribution >= 0.6 is 0 Å². The topological polar surface area (TPSA) is 41.9 Å². The summed E-state index contributed by atoms with van der Waals surface area (Å²) in [5.41, 5.74) is -0.427. The molecule has 0 spiro atoms. The highest BCUT2D eigenvalue weighted by Crippen LogP contribution is 2.37. The Labute approximate surface area is 195 Å². The second-order valence-electron chi connectivity index (χ2n) is 10.6. The highest BCUT2D eigenvalue weighted by atomic mass is 28.4. The lowest BCUT2D eigenvalue weighted by atomic mass is 10.1. The number of benzene rings is 2. The summed E-state index contributed by atoms with van der Waals surface area (Å²) >= 11 is 0. The molecule has 1 N–H and O–H groups in total. The van der Waals surface area contributed by atoms with E-state index in [0.29, 0.717) is 13.2 Å². The van der Waals surface area contributed by atoms with Crippen LogP contribution in [0.4, 0.5) is 0 Å². The Balaban J connectivity index is 1.96. The van der Waals surface area contributed by atoms with Crippen LogP contribution in [-0.2, 0) is 9.16 Å². The maximum Gasteiger partial charge on any atom is 0.261 e. The van der Waals surface area contributed by atoms with Crippen molar-refractivity contribution >= 4 is 18.7 Å². The van der Waals surface area contributed by atoms with Crippen LogP contribution in [-0.4, -0.2) is 49.5 Å². The third kappa shape index (κ3) is 5.59. The van der Waals surface area contributed by atoms with E-state index < -0.39 is 20.3 Å². The Kier molecular flexibility index (Phi) is 7.79. The fourth-order valence-corrected chi connectivity index (χ4v) is 9.13. The normalized spacial score (nSPS) is 19.2. The number of aliphatic hydroxyl groups excluding tert-OH is 1. The van der Waals surface area contributed by atoms with Gasteiger partial charge in [0.1, 0.15) is 0 Å². The van der Waals surface area contributed by atoms with E-state index in [1.54, 1.807) is 0 Å². The minimum atomic E-state index is -2.62. The molecule has 5 heteroatoms. The second-order valence-corrected chi connectivity index (χ2v) is 14.9. The Morgan fingerprint density at radius 3 is 1.91 bits per heavy atom. The van der Waals surface area contributed by atoms with E-state index in [1.807, 2.05) is 25.7 Å². The smallest absolute Gasteiger partial charge is 0.261 e. The van der Waals surface area contributed by atoms with Gasteiger partial charge in [-0.05, 0) is 42.6 Å². The van der Waals surface area contributed by atoms with Gasteiger partial charge in [0, 0.05) is 12.6 Å². The van der Waals surface area contributed by atoms with Gasteiger partial charge in [-0.15, -0.1) is 0 Å². The SMILES string of the molecule is CC(C)(C)OC(O)N1CC=CC[C@H]1CO[Si](c1ccccc1)(c1ccccc1)C(C)(C)C. The maximum atomic E-state index is 10.8. The van der Waals surface area contributed by atoms with Gasteiger partial charge >= 0.3 is 0 Å². The Bertz CT molecular complexity index is 832. The van der Waals surface area contributed by atoms with Gasteiger partial charge in [0.25, 0.3) is 8.32 Å². The molecular weight excluding hydrogens is 414 g/mol. The Hall–Kier alpha value is -1.76. The van der Waals surface area contributed by atoms with E-state index in [1.165, 1.54) is 10.4 Å². The van der Waals surface area contributed by atoms with Gasteiger partial charge in [-0.25, -0.2) is 4.90 Å². The zero-order valence-corrected chi connectivity index (χ0v) is 21.4. The molecule has 1 unspecified atom stereocenters. The quantitative estimate of drug-likeness (QED) is 0.386. The summed E-state index contributed by atoms with van der Waals surface area (Å²) in [6, 6.07) is 21.4. The average molecular weight is 454 g/mol. The zero-order valence-electron chi connectivity index (χ0n) is 20.4. The number of hydrogen-bond donors (Lipinski definition) is 1. The molecule has 4 nitrogen and oxygen atoms in total. The Morgan fingerprint density at radius 1 is 0.906 bits per heavy atom. The summed E-state index contributed by atoms with van der Waals surface area (Å²) in [4.78, 5) is 2.00. The average Bonchev–Trinajstić information content (AvgIpc) is 2.74. The molecule has 2 aromatic carbocycles. The predicted molar refractivity (Wildman–Crippen MR) is 135 cm³/mol. The zero-order chi connectivity index (χ0) is 23.4. The molecule has 2 aromatic rings. The number of aliphatic hydroxyl groups is 1. The molecule has 0 radical (unpaired) electrons. The van der Waals surface area contributed by atoms with E-state index in [9.17, 15) is 5.11 Å². The first kappa shape index (κ1) is 24.9. The molecule has 1 aliphatic heterocycles. The molecule has 1 heterocycles. The van der Waals surface area contributed by atoms with Crippen molar-refractivity contribution in [1.29, 1.82) is 0 Å². The summed E-state index contributed by atoms with van der Waals surface area (Å²) in [6.45, 7) is 13.9. The van der Waals surface area contributed by atoms with Crippen molar-refractivity contribution in [3.63, 3.8) is 0 Å². The molecule has 0 saturated heterocycles. The van der Waals surface area contributed by atoms with Crippen LogP contribution in [0.3, 0.4) is 0 Å². The van der Waals surface area contributed by atoms with Crippen LogP contribution in [0, 0.1) is 0 Å². The molecule has 0 bridgehead atoms. The molecule has 174 valence electrons. The highest BCUT2D eigenvalue weighted by molar-refractivity contribution is 6.99. The molecule has 3 rings (SSSR count). The third-order valence-corrected chi connectivity index (χ3v) is 11.0. The summed E-state index contributed by atoms with van der Waals surface area (Å²) in [5, 5.41) is 13.3. The lowest BCUT2D eigenvalue weighted by Crippen LogP contribution is -2.67. The van der Waals surface area contributed by atoms with Crippen molar-refractivity contribution in [2.75, 3.05) is 13.2 Å². The molecule has 0 aromatic heterocycles. The van der Waals surface area contributed by atoms with Gasteiger partial charge in [0.15, 0.2) is 0 Å². The summed E-state index contributed by atoms with van der Waals surface area (Å²) in [5.74, 6) is 0. The molecule has 0 saturated carbocycles. The first-order valence-electron chi connectivity index (χ1n) is 11.6. The van der Waals surface area contributed by atoms with E-state index in [-0.39, 0.29) is 11.1 Å². The van der Waals surface area contributed by atoms with Crippen molar-refractivity contribution < 1.29 is 14.3 Å². The fourth-order valence-electron chi connectivity index (χ4n) is 4.54. The lowest BCUT2D eigenvalue weighted by molar-refractivity contribution is -0.248. The van der Waals surface area contributed by atoms with Crippen molar-refractivity contribution in [2.24, 2.45) is 0 Å². The summed E-state index contributed by atoms with van der Waals surface area (Å²) < 4.78 is 13.0. The van der Waals surface area contributed by atoms with Crippen molar-refractivity contribution in [2.45, 2.75) is 71.1 Å². The van der Waals surface area contributed by atoms with Crippen molar-refractivity contribution in [1.82, 2.24) is 4.90 Å². The van der Waals surface area contributed by atoms with Gasteiger partial charge < -0.3 is 14.3 Å². The fraction of sp³-hybridized carbons (Fsp3) is 0.481. The molecule has 0 fully saturated rings. The lowest BCUT2D eigenvalue weighted by Gasteiger charge is -2.45. The van der Waals surface area contributed by atoms with Crippen LogP contribution in [0.2, 0.25) is 5.04 Å². The van der Waals surface area contributed by atoms with Crippen molar-refractivity contribution in [3.05, 3.63) is 72.8 Å². The van der Waals surface area contributed by atoms with E-state index >= 15 is 0 Å². The number of hydrogen-bond acceptors (Lipinski definition) is 4. The van der Waals surface area contributed by atoms with Gasteiger partial charge in [-0.1, -0.05) is 93.6 Å². The van der Waals surface area contributed by atoms with Crippen LogP contribution in [0.15, 0.2) is 72.8 Å². The molecule has 32 heavy (non-hydrogen) atoms. The van der Waals surface area contributed by atoms with E-state index in [4.69, 9.17) is 9.16 Å². The van der Waals surface area contributed by atoms with Crippen LogP contribution in [0.25, 0.3) is 0 Å². The summed E-state index contributed by atoms with van der Waals surface area (Å²) in [7, 11) is -2.62. The monoisotopic (exact) mass is 453 g/mol. The Morgan fingerprint density at radius 2 is 1.44 bits per heavy atom. The predicted octanol–water partition coefficient (Wildman–Crippen LogP) is 4.28. The van der Waals surface area contributed by atoms with E-state index in [2.05, 4.69) is 93.6 Å². The van der Waals surface area contributed by atoms with E-state index in [0.717, 1.165) is 6.42 Å². The molecule has 0 amide bonds. The van der Waals surface area contributed by atoms with Crippen molar-refractivity contribution in [3.8, 4) is 0 Å². The van der Waals surface area contributed by atoms with Gasteiger partial charge in [-0.3, -0.25) is 0 Å². The first-order chi connectivity index (χ1) is 15.0. The standard InChI is InChI=1S/C27H39NO3Si/c1-26(2,3)31-25(29)28-20-14-13-15-22(28)21-30-32(27(4,5)6,23-16-9-7-10-17-23)24-18-11-8-12-19-24/h7-14,16-19,22,25,29H,15,20-21H2,1-6H3/t22-,25?/m0/s1. The highest BCUT2D eigenvalue weighted by Gasteiger charge is 2.50. The second kappa shape index (κ2) is 10.0. The largest absolute Gasteiger partial charge is 0.406 e. The van der Waals surface area contributed by atoms with Crippen LogP contribution < -0.4 is 10.4 Å². The number of nitrogens with zero attached hydrogens (tertiary/aromatic N) is 1. The minimum Gasteiger partial charge on any atom is -0.406 e. The summed E-state index contributed by atoms with van der Waals surface area (Å²) in [6.07, 6.45) is 4.13. The molecule has 1 aliphatic rings. The van der Waals surface area contributed by atoms with Crippen LogP contribution in [0.5, 0.6) is 0 Å². The van der Waals surface area contributed by atoms with Gasteiger partial charge in [0.2, 0.25) is 6.41 Å². The molecular formula is C27H39NO3Si. The minimum absolute atomic E-state index is 0.0407. The van der Waals surface area contributed by atoms with Gasteiger partial charge in [-0.2, -0.15) is 0 Å². The first-order valence-corrected chi connectivity index (χ1v) is 13.5. The van der Waals surface area contributed by atoms with Crippen LogP contribution in [0.1, 0.15) is 48.0 Å².